The Balaban J connectivity index is 2.41. The Bertz CT molecular complexity index is 472. The van der Waals surface area contributed by atoms with Gasteiger partial charge in [-0.05, 0) is 36.6 Å². The molecule has 0 unspecified atom stereocenters. The Morgan fingerprint density at radius 2 is 2.17 bits per heavy atom. The maximum Gasteiger partial charge on any atom is 0.252 e. The molecule has 0 radical (unpaired) electrons. The van der Waals surface area contributed by atoms with Crippen LogP contribution in [-0.2, 0) is 0 Å². The van der Waals surface area contributed by atoms with E-state index < -0.39 is 0 Å². The summed E-state index contributed by atoms with van der Waals surface area (Å²) in [5.41, 5.74) is 8.44. The molecular formula is C11H12Cl2N4O. The highest BCUT2D eigenvalue weighted by atomic mass is 35.5. The number of hydrogen-bond donors (Lipinski definition) is 1. The van der Waals surface area contributed by atoms with Crippen LogP contribution in [0.5, 0.6) is 0 Å². The number of rotatable bonds is 6. The van der Waals surface area contributed by atoms with Crippen LogP contribution in [0.25, 0.3) is 10.4 Å². The lowest BCUT2D eigenvalue weighted by molar-refractivity contribution is 0.0953. The largest absolute Gasteiger partial charge is 0.352 e. The van der Waals surface area contributed by atoms with E-state index in [0.717, 1.165) is 12.8 Å². The molecule has 96 valence electrons. The molecule has 18 heavy (non-hydrogen) atoms. The number of nitrogens with one attached hydrogen (secondary N) is 1. The molecule has 0 heterocycles. The molecule has 0 saturated heterocycles. The minimum Gasteiger partial charge on any atom is -0.352 e. The van der Waals surface area contributed by atoms with E-state index >= 15 is 0 Å². The van der Waals surface area contributed by atoms with Crippen LogP contribution < -0.4 is 5.32 Å². The van der Waals surface area contributed by atoms with Crippen LogP contribution in [0.1, 0.15) is 23.2 Å². The third-order valence-corrected chi connectivity index (χ3v) is 2.77. The van der Waals surface area contributed by atoms with Crippen molar-refractivity contribution in [2.45, 2.75) is 12.8 Å². The summed E-state index contributed by atoms with van der Waals surface area (Å²) in [6.07, 6.45) is 1.47. The van der Waals surface area contributed by atoms with Crippen LogP contribution in [0.15, 0.2) is 23.3 Å². The highest BCUT2D eigenvalue weighted by Gasteiger charge is 2.09. The topological polar surface area (TPSA) is 77.9 Å². The fourth-order valence-electron chi connectivity index (χ4n) is 1.32. The zero-order chi connectivity index (χ0) is 13.4. The van der Waals surface area contributed by atoms with E-state index in [0.29, 0.717) is 28.7 Å². The van der Waals surface area contributed by atoms with Gasteiger partial charge in [-0.3, -0.25) is 4.79 Å². The Morgan fingerprint density at radius 3 is 2.89 bits per heavy atom. The Kier molecular flexibility index (Phi) is 6.36. The Morgan fingerprint density at radius 1 is 1.39 bits per heavy atom. The molecule has 0 aliphatic carbocycles. The van der Waals surface area contributed by atoms with Crippen LogP contribution in [0.3, 0.4) is 0 Å². The van der Waals surface area contributed by atoms with Gasteiger partial charge in [0.25, 0.3) is 5.91 Å². The number of carbonyl (C=O) groups is 1. The van der Waals surface area contributed by atoms with Gasteiger partial charge in [0.05, 0.1) is 10.6 Å². The fourth-order valence-corrected chi connectivity index (χ4v) is 1.70. The van der Waals surface area contributed by atoms with Crippen molar-refractivity contribution < 1.29 is 4.79 Å². The molecule has 0 saturated carbocycles. The second-order valence-corrected chi connectivity index (χ2v) is 4.39. The predicted octanol–water partition coefficient (Wildman–Crippen LogP) is 3.81. The average Bonchev–Trinajstić information content (AvgIpc) is 2.36. The van der Waals surface area contributed by atoms with Gasteiger partial charge in [0, 0.05) is 23.0 Å². The average molecular weight is 287 g/mol. The zero-order valence-electron chi connectivity index (χ0n) is 9.57. The fraction of sp³-hybridized carbons (Fsp3) is 0.364. The monoisotopic (exact) mass is 286 g/mol. The lowest BCUT2D eigenvalue weighted by atomic mass is 10.2. The number of nitrogens with zero attached hydrogens (tertiary/aromatic N) is 3. The van der Waals surface area contributed by atoms with Gasteiger partial charge in [-0.25, -0.2) is 0 Å². The normalized spacial score (nSPS) is 9.67. The van der Waals surface area contributed by atoms with Crippen LogP contribution >= 0.6 is 23.2 Å². The van der Waals surface area contributed by atoms with Crippen molar-refractivity contribution in [3.05, 3.63) is 44.3 Å². The molecule has 1 amide bonds. The second kappa shape index (κ2) is 7.82. The first-order valence-electron chi connectivity index (χ1n) is 5.39. The summed E-state index contributed by atoms with van der Waals surface area (Å²) >= 11 is 11.7. The van der Waals surface area contributed by atoms with Gasteiger partial charge in [-0.15, -0.1) is 0 Å². The van der Waals surface area contributed by atoms with Crippen molar-refractivity contribution in [3.63, 3.8) is 0 Å². The molecule has 1 N–H and O–H groups in total. The number of carbonyl (C=O) groups excluding carboxylic acids is 1. The van der Waals surface area contributed by atoms with Crippen molar-refractivity contribution in [2.24, 2.45) is 5.11 Å². The quantitative estimate of drug-likeness (QED) is 0.367. The van der Waals surface area contributed by atoms with E-state index in [9.17, 15) is 4.79 Å². The first-order chi connectivity index (χ1) is 8.65. The van der Waals surface area contributed by atoms with Crippen molar-refractivity contribution in [1.29, 1.82) is 0 Å². The number of unbranched alkanes of at least 4 members (excludes halogenated alkanes) is 1. The van der Waals surface area contributed by atoms with E-state index in [4.69, 9.17) is 28.7 Å². The molecule has 1 rings (SSSR count). The standard InChI is InChI=1S/C11H12Cl2N4O/c12-8-3-4-10(13)9(7-8)11(18)15-5-1-2-6-16-17-14/h3-4,7H,1-2,5-6H2,(H,15,18). The number of amides is 1. The van der Waals surface area contributed by atoms with E-state index in [1.54, 1.807) is 12.1 Å². The molecular weight excluding hydrogens is 275 g/mol. The third kappa shape index (κ3) is 4.84. The zero-order valence-corrected chi connectivity index (χ0v) is 11.1. The predicted molar refractivity (Wildman–Crippen MR) is 72.0 cm³/mol. The van der Waals surface area contributed by atoms with Gasteiger partial charge in [0.2, 0.25) is 0 Å². The molecule has 0 bridgehead atoms. The molecule has 0 aliphatic rings. The summed E-state index contributed by atoms with van der Waals surface area (Å²) in [6, 6.07) is 4.74. The summed E-state index contributed by atoms with van der Waals surface area (Å²) in [6.45, 7) is 0.937. The highest BCUT2D eigenvalue weighted by Crippen LogP contribution is 2.20. The van der Waals surface area contributed by atoms with Crippen LogP contribution in [0, 0.1) is 0 Å². The number of hydrogen-bond acceptors (Lipinski definition) is 2. The van der Waals surface area contributed by atoms with Gasteiger partial charge in [0.1, 0.15) is 0 Å². The SMILES string of the molecule is [N-]=[N+]=NCCCCNC(=O)c1cc(Cl)ccc1Cl. The van der Waals surface area contributed by atoms with Crippen LogP contribution in [0.2, 0.25) is 10.0 Å². The van der Waals surface area contributed by atoms with Gasteiger partial charge >= 0.3 is 0 Å². The number of azide groups is 1. The van der Waals surface area contributed by atoms with E-state index in [2.05, 4.69) is 15.3 Å². The van der Waals surface area contributed by atoms with E-state index in [1.165, 1.54) is 6.07 Å². The second-order valence-electron chi connectivity index (χ2n) is 3.54. The smallest absolute Gasteiger partial charge is 0.252 e. The minimum absolute atomic E-state index is 0.258. The lowest BCUT2D eigenvalue weighted by Gasteiger charge is -2.06. The molecule has 7 heteroatoms. The van der Waals surface area contributed by atoms with Crippen molar-refractivity contribution >= 4 is 29.1 Å². The number of benzene rings is 1. The summed E-state index contributed by atoms with van der Waals surface area (Å²) in [5, 5.41) is 6.96. The maximum absolute atomic E-state index is 11.8. The summed E-state index contributed by atoms with van der Waals surface area (Å²) < 4.78 is 0. The summed E-state index contributed by atoms with van der Waals surface area (Å²) in [5.74, 6) is -0.258. The van der Waals surface area contributed by atoms with Crippen molar-refractivity contribution in [2.75, 3.05) is 13.1 Å². The van der Waals surface area contributed by atoms with Gasteiger partial charge in [-0.1, -0.05) is 28.3 Å². The van der Waals surface area contributed by atoms with Crippen LogP contribution in [-0.4, -0.2) is 19.0 Å². The molecule has 5 nitrogen and oxygen atoms in total. The van der Waals surface area contributed by atoms with Gasteiger partial charge < -0.3 is 5.32 Å². The minimum atomic E-state index is -0.258. The van der Waals surface area contributed by atoms with Crippen LogP contribution in [0.4, 0.5) is 0 Å². The van der Waals surface area contributed by atoms with E-state index in [-0.39, 0.29) is 5.91 Å². The maximum atomic E-state index is 11.8. The Labute approximate surface area is 115 Å². The van der Waals surface area contributed by atoms with Crippen molar-refractivity contribution in [1.82, 2.24) is 5.32 Å². The molecule has 0 fully saturated rings. The molecule has 0 aromatic heterocycles. The number of halogens is 2. The van der Waals surface area contributed by atoms with Gasteiger partial charge in [0.15, 0.2) is 0 Å². The van der Waals surface area contributed by atoms with E-state index in [1.807, 2.05) is 0 Å². The molecule has 0 spiro atoms. The molecule has 1 aromatic rings. The van der Waals surface area contributed by atoms with Gasteiger partial charge in [-0.2, -0.15) is 0 Å². The summed E-state index contributed by atoms with van der Waals surface area (Å²) in [4.78, 5) is 14.4. The molecule has 0 aliphatic heterocycles. The first kappa shape index (κ1) is 14.6. The molecule has 1 aromatic carbocycles. The third-order valence-electron chi connectivity index (χ3n) is 2.21. The summed E-state index contributed by atoms with van der Waals surface area (Å²) in [7, 11) is 0. The first-order valence-corrected chi connectivity index (χ1v) is 6.15. The highest BCUT2D eigenvalue weighted by molar-refractivity contribution is 6.35. The van der Waals surface area contributed by atoms with Crippen molar-refractivity contribution in [3.8, 4) is 0 Å². The molecule has 0 atom stereocenters. The lowest BCUT2D eigenvalue weighted by Crippen LogP contribution is -2.24. The Hall–Kier alpha value is -1.42.